The lowest BCUT2D eigenvalue weighted by atomic mass is 10.1. The van der Waals surface area contributed by atoms with Crippen LogP contribution >= 0.6 is 11.6 Å². The Morgan fingerprint density at radius 2 is 2.04 bits per heavy atom. The first-order valence-electron chi connectivity index (χ1n) is 7.52. The van der Waals surface area contributed by atoms with Crippen LogP contribution in [0.2, 0.25) is 5.02 Å². The maximum atomic E-state index is 13.0. The predicted molar refractivity (Wildman–Crippen MR) is 90.0 cm³/mol. The average molecular weight is 375 g/mol. The second-order valence-electron chi connectivity index (χ2n) is 5.69. The number of hydrogen-bond acceptors (Lipinski definition) is 3. The minimum absolute atomic E-state index is 0.0427. The summed E-state index contributed by atoms with van der Waals surface area (Å²) in [5.41, 5.74) is -0.271. The van der Waals surface area contributed by atoms with Gasteiger partial charge in [-0.3, -0.25) is 4.79 Å². The summed E-state index contributed by atoms with van der Waals surface area (Å²) in [5, 5.41) is 9.82. The molecule has 0 saturated carbocycles. The Morgan fingerprint density at radius 1 is 1.36 bits per heavy atom. The van der Waals surface area contributed by atoms with Crippen molar-refractivity contribution >= 4 is 23.3 Å². The van der Waals surface area contributed by atoms with Crippen molar-refractivity contribution in [3.05, 3.63) is 40.5 Å². The zero-order valence-corrected chi connectivity index (χ0v) is 14.7. The normalized spacial score (nSPS) is 12.9. The predicted octanol–water partition coefficient (Wildman–Crippen LogP) is 3.65. The molecule has 1 aromatic carbocycles. The SMILES string of the molecule is CNCC(C)C(=O)Nc1cc(C)nn1-c1cc(C(F)(F)F)ccc1Cl. The van der Waals surface area contributed by atoms with Gasteiger partial charge in [-0.1, -0.05) is 18.5 Å². The third-order valence-electron chi connectivity index (χ3n) is 3.54. The number of carbonyl (C=O) groups is 1. The van der Waals surface area contributed by atoms with E-state index < -0.39 is 11.7 Å². The fraction of sp³-hybridized carbons (Fsp3) is 0.375. The van der Waals surface area contributed by atoms with E-state index in [1.807, 2.05) is 0 Å². The average Bonchev–Trinajstić information content (AvgIpc) is 2.87. The second-order valence-corrected chi connectivity index (χ2v) is 6.10. The van der Waals surface area contributed by atoms with Gasteiger partial charge in [-0.15, -0.1) is 0 Å². The molecule has 0 aliphatic rings. The fourth-order valence-corrected chi connectivity index (χ4v) is 2.47. The molecule has 136 valence electrons. The Bertz CT molecular complexity index is 773. The van der Waals surface area contributed by atoms with Crippen molar-refractivity contribution in [1.29, 1.82) is 0 Å². The van der Waals surface area contributed by atoms with E-state index in [0.717, 1.165) is 18.2 Å². The van der Waals surface area contributed by atoms with Crippen LogP contribution in [0.1, 0.15) is 18.2 Å². The molecule has 0 saturated heterocycles. The molecule has 0 bridgehead atoms. The third-order valence-corrected chi connectivity index (χ3v) is 3.86. The number of halogens is 4. The Balaban J connectivity index is 2.43. The van der Waals surface area contributed by atoms with E-state index in [4.69, 9.17) is 11.6 Å². The number of carbonyl (C=O) groups excluding carboxylic acids is 1. The number of benzene rings is 1. The lowest BCUT2D eigenvalue weighted by molar-refractivity contribution is -0.137. The molecule has 1 unspecified atom stereocenters. The van der Waals surface area contributed by atoms with Crippen LogP contribution in [0.4, 0.5) is 19.0 Å². The molecule has 2 rings (SSSR count). The summed E-state index contributed by atoms with van der Waals surface area (Å²) in [6.07, 6.45) is -4.51. The van der Waals surface area contributed by atoms with Gasteiger partial charge in [0.15, 0.2) is 0 Å². The Kier molecular flexibility index (Phi) is 5.74. The summed E-state index contributed by atoms with van der Waals surface area (Å²) in [5.74, 6) is -0.351. The first kappa shape index (κ1) is 19.3. The van der Waals surface area contributed by atoms with Crippen LogP contribution < -0.4 is 10.6 Å². The number of alkyl halides is 3. The van der Waals surface area contributed by atoms with E-state index in [1.54, 1.807) is 27.0 Å². The lowest BCUT2D eigenvalue weighted by Gasteiger charge is -2.15. The molecule has 0 fully saturated rings. The molecule has 9 heteroatoms. The number of aryl methyl sites for hydroxylation is 1. The summed E-state index contributed by atoms with van der Waals surface area (Å²) in [6.45, 7) is 3.87. The number of anilines is 1. The van der Waals surface area contributed by atoms with E-state index in [2.05, 4.69) is 15.7 Å². The maximum Gasteiger partial charge on any atom is 0.416 e. The van der Waals surface area contributed by atoms with E-state index in [9.17, 15) is 18.0 Å². The van der Waals surface area contributed by atoms with Gasteiger partial charge < -0.3 is 10.6 Å². The molecule has 1 heterocycles. The third kappa shape index (κ3) is 4.52. The van der Waals surface area contributed by atoms with Crippen LogP contribution in [0.15, 0.2) is 24.3 Å². The van der Waals surface area contributed by atoms with Gasteiger partial charge in [-0.25, -0.2) is 4.68 Å². The van der Waals surface area contributed by atoms with Crippen LogP contribution in [0.3, 0.4) is 0 Å². The van der Waals surface area contributed by atoms with Gasteiger partial charge in [-0.05, 0) is 32.2 Å². The van der Waals surface area contributed by atoms with Gasteiger partial charge in [0, 0.05) is 18.5 Å². The van der Waals surface area contributed by atoms with Crippen molar-refractivity contribution in [2.24, 2.45) is 5.92 Å². The molecule has 0 spiro atoms. The van der Waals surface area contributed by atoms with Crippen molar-refractivity contribution in [2.75, 3.05) is 18.9 Å². The number of amides is 1. The molecule has 2 N–H and O–H groups in total. The van der Waals surface area contributed by atoms with Crippen LogP contribution in [-0.4, -0.2) is 29.3 Å². The zero-order chi connectivity index (χ0) is 18.8. The van der Waals surface area contributed by atoms with Crippen LogP contribution in [0.25, 0.3) is 5.69 Å². The summed E-state index contributed by atoms with van der Waals surface area (Å²) < 4.78 is 40.1. The molecule has 25 heavy (non-hydrogen) atoms. The number of nitrogens with zero attached hydrogens (tertiary/aromatic N) is 2. The fourth-order valence-electron chi connectivity index (χ4n) is 2.27. The molecule has 1 atom stereocenters. The van der Waals surface area contributed by atoms with Crippen molar-refractivity contribution in [1.82, 2.24) is 15.1 Å². The molecule has 5 nitrogen and oxygen atoms in total. The second kappa shape index (κ2) is 7.45. The van der Waals surface area contributed by atoms with Crippen molar-refractivity contribution in [2.45, 2.75) is 20.0 Å². The summed E-state index contributed by atoms with van der Waals surface area (Å²) in [4.78, 5) is 12.2. The highest BCUT2D eigenvalue weighted by Crippen LogP contribution is 2.34. The van der Waals surface area contributed by atoms with E-state index >= 15 is 0 Å². The minimum Gasteiger partial charge on any atom is -0.319 e. The summed E-state index contributed by atoms with van der Waals surface area (Å²) in [6, 6.07) is 4.53. The zero-order valence-electron chi connectivity index (χ0n) is 13.9. The Hall–Kier alpha value is -2.06. The molecule has 1 aromatic heterocycles. The first-order valence-corrected chi connectivity index (χ1v) is 7.90. The van der Waals surface area contributed by atoms with Crippen molar-refractivity contribution < 1.29 is 18.0 Å². The molecule has 0 aliphatic heterocycles. The Labute approximate surface area is 148 Å². The van der Waals surface area contributed by atoms with Gasteiger partial charge in [0.25, 0.3) is 0 Å². The van der Waals surface area contributed by atoms with Crippen LogP contribution in [0, 0.1) is 12.8 Å². The van der Waals surface area contributed by atoms with Gasteiger partial charge in [0.05, 0.1) is 22.0 Å². The lowest BCUT2D eigenvalue weighted by Crippen LogP contribution is -2.29. The smallest absolute Gasteiger partial charge is 0.319 e. The van der Waals surface area contributed by atoms with Gasteiger partial charge >= 0.3 is 6.18 Å². The number of aromatic nitrogens is 2. The quantitative estimate of drug-likeness (QED) is 0.840. The molecule has 2 aromatic rings. The maximum absolute atomic E-state index is 13.0. The van der Waals surface area contributed by atoms with Crippen molar-refractivity contribution in [3.63, 3.8) is 0 Å². The van der Waals surface area contributed by atoms with Gasteiger partial charge in [0.2, 0.25) is 5.91 Å². The van der Waals surface area contributed by atoms with Crippen molar-refractivity contribution in [3.8, 4) is 5.69 Å². The van der Waals surface area contributed by atoms with Crippen LogP contribution in [-0.2, 0) is 11.0 Å². The first-order chi connectivity index (χ1) is 11.6. The number of nitrogens with one attached hydrogen (secondary N) is 2. The van der Waals surface area contributed by atoms with Gasteiger partial charge in [0.1, 0.15) is 5.82 Å². The number of rotatable bonds is 5. The van der Waals surface area contributed by atoms with Gasteiger partial charge in [-0.2, -0.15) is 18.3 Å². The molecular formula is C16H18ClF3N4O. The highest BCUT2D eigenvalue weighted by Gasteiger charge is 2.31. The molecule has 1 amide bonds. The van der Waals surface area contributed by atoms with E-state index in [-0.39, 0.29) is 28.4 Å². The van der Waals surface area contributed by atoms with E-state index in [0.29, 0.717) is 12.2 Å². The van der Waals surface area contributed by atoms with E-state index in [1.165, 1.54) is 4.68 Å². The minimum atomic E-state index is -4.51. The summed E-state index contributed by atoms with van der Waals surface area (Å²) >= 11 is 6.06. The Morgan fingerprint density at radius 3 is 2.64 bits per heavy atom. The topological polar surface area (TPSA) is 59.0 Å². The standard InChI is InChI=1S/C16H18ClF3N4O/c1-9(8-21-3)15(25)22-14-6-10(2)23-24(14)13-7-11(16(18,19)20)4-5-12(13)17/h4-7,9,21H,8H2,1-3H3,(H,22,25). The number of hydrogen-bond donors (Lipinski definition) is 2. The highest BCUT2D eigenvalue weighted by molar-refractivity contribution is 6.32. The highest BCUT2D eigenvalue weighted by atomic mass is 35.5. The molecule has 0 radical (unpaired) electrons. The monoisotopic (exact) mass is 374 g/mol. The van der Waals surface area contributed by atoms with Crippen LogP contribution in [0.5, 0.6) is 0 Å². The molecule has 0 aliphatic carbocycles. The molecular weight excluding hydrogens is 357 g/mol. The largest absolute Gasteiger partial charge is 0.416 e. The summed E-state index contributed by atoms with van der Waals surface area (Å²) in [7, 11) is 1.72.